The van der Waals surface area contributed by atoms with Crippen molar-refractivity contribution < 1.29 is 0 Å². The fourth-order valence-corrected chi connectivity index (χ4v) is 7.09. The number of hydrogen-bond acceptors (Lipinski definition) is 3. The summed E-state index contributed by atoms with van der Waals surface area (Å²) in [5.74, 6) is 0. The van der Waals surface area contributed by atoms with Crippen LogP contribution in [0.15, 0.2) is 182 Å². The fraction of sp³-hybridized carbons (Fsp3) is 0. The molecule has 0 aliphatic rings. The van der Waals surface area contributed by atoms with Gasteiger partial charge in [-0.15, -0.1) is 11.3 Å². The molecule has 0 saturated carbocycles. The smallest absolute Gasteiger partial charge is 0.124 e. The van der Waals surface area contributed by atoms with Crippen LogP contribution in [0.25, 0.3) is 54.2 Å². The molecule has 1 heterocycles. The van der Waals surface area contributed by atoms with E-state index in [1.165, 1.54) is 38.1 Å². The molecule has 2 nitrogen and oxygen atoms in total. The summed E-state index contributed by atoms with van der Waals surface area (Å²) in [6, 6.07) is 64.5. The van der Waals surface area contributed by atoms with Crippen LogP contribution in [0.5, 0.6) is 0 Å². The Kier molecular flexibility index (Phi) is 7.43. The number of hydrogen-bond donors (Lipinski definition) is 0. The molecule has 8 rings (SSSR count). The van der Waals surface area contributed by atoms with E-state index in [0.29, 0.717) is 0 Å². The summed E-state index contributed by atoms with van der Waals surface area (Å²) in [5.41, 5.74) is 12.7. The molecule has 0 radical (unpaired) electrons. The number of fused-ring (bicyclic) bond motifs is 1. The minimum absolute atomic E-state index is 1.03. The van der Waals surface area contributed by atoms with E-state index in [-0.39, 0.29) is 0 Å². The first-order valence-corrected chi connectivity index (χ1v) is 16.3. The molecule has 46 heavy (non-hydrogen) atoms. The Morgan fingerprint density at radius 2 is 0.761 bits per heavy atom. The van der Waals surface area contributed by atoms with Gasteiger partial charge in [0.1, 0.15) is 5.01 Å². The zero-order chi connectivity index (χ0) is 30.7. The normalized spacial score (nSPS) is 11.0. The molecule has 1 aromatic heterocycles. The van der Waals surface area contributed by atoms with Crippen molar-refractivity contribution in [3.8, 4) is 44.0 Å². The highest BCUT2D eigenvalue weighted by molar-refractivity contribution is 7.22. The fourth-order valence-electron chi connectivity index (χ4n) is 5.98. The lowest BCUT2D eigenvalue weighted by molar-refractivity contribution is 1.28. The van der Waals surface area contributed by atoms with Gasteiger partial charge in [0.2, 0.25) is 0 Å². The van der Waals surface area contributed by atoms with Crippen LogP contribution in [0.1, 0.15) is 0 Å². The van der Waals surface area contributed by atoms with E-state index >= 15 is 0 Å². The molecule has 0 spiro atoms. The van der Waals surface area contributed by atoms with E-state index < -0.39 is 0 Å². The van der Waals surface area contributed by atoms with Crippen molar-refractivity contribution >= 4 is 38.6 Å². The average Bonchev–Trinajstić information content (AvgIpc) is 3.59. The molecule has 0 bridgehead atoms. The van der Waals surface area contributed by atoms with Gasteiger partial charge in [0.15, 0.2) is 0 Å². The maximum atomic E-state index is 4.96. The summed E-state index contributed by atoms with van der Waals surface area (Å²) in [6.07, 6.45) is 0. The van der Waals surface area contributed by atoms with Gasteiger partial charge >= 0.3 is 0 Å². The number of benzene rings is 7. The second kappa shape index (κ2) is 12.3. The largest absolute Gasteiger partial charge is 0.311 e. The highest BCUT2D eigenvalue weighted by Crippen LogP contribution is 2.40. The third-order valence-corrected chi connectivity index (χ3v) is 9.49. The number of nitrogens with zero attached hydrogens (tertiary/aromatic N) is 2. The SMILES string of the molecule is c1ccc(-c2ccc(N(c3ccc(-c4ccccc4)cc3)c3ccc(-c4cccc5nc(-c6ccccc6)sc45)cc3)cc2)cc1. The summed E-state index contributed by atoms with van der Waals surface area (Å²) in [6.45, 7) is 0. The molecule has 218 valence electrons. The maximum absolute atomic E-state index is 4.96. The molecule has 8 aromatic rings. The second-order valence-electron chi connectivity index (χ2n) is 11.2. The van der Waals surface area contributed by atoms with Crippen molar-refractivity contribution in [2.75, 3.05) is 4.90 Å². The van der Waals surface area contributed by atoms with Crippen LogP contribution in [0, 0.1) is 0 Å². The lowest BCUT2D eigenvalue weighted by Crippen LogP contribution is -2.09. The third-order valence-electron chi connectivity index (χ3n) is 8.34. The van der Waals surface area contributed by atoms with Crippen LogP contribution in [0.2, 0.25) is 0 Å². The van der Waals surface area contributed by atoms with Crippen molar-refractivity contribution in [3.63, 3.8) is 0 Å². The summed E-state index contributed by atoms with van der Waals surface area (Å²) < 4.78 is 1.21. The second-order valence-corrected chi connectivity index (χ2v) is 12.2. The van der Waals surface area contributed by atoms with Crippen molar-refractivity contribution in [1.29, 1.82) is 0 Å². The highest BCUT2D eigenvalue weighted by Gasteiger charge is 2.15. The zero-order valence-electron chi connectivity index (χ0n) is 25.1. The topological polar surface area (TPSA) is 16.1 Å². The Morgan fingerprint density at radius 3 is 1.24 bits per heavy atom. The van der Waals surface area contributed by atoms with Crippen molar-refractivity contribution in [3.05, 3.63) is 182 Å². The van der Waals surface area contributed by atoms with Crippen LogP contribution in [-0.2, 0) is 0 Å². The van der Waals surface area contributed by atoms with Gasteiger partial charge in [-0.05, 0) is 70.3 Å². The molecule has 0 aliphatic heterocycles. The number of aromatic nitrogens is 1. The van der Waals surface area contributed by atoms with Gasteiger partial charge in [-0.25, -0.2) is 4.98 Å². The van der Waals surface area contributed by atoms with Gasteiger partial charge in [0.25, 0.3) is 0 Å². The van der Waals surface area contributed by atoms with Crippen molar-refractivity contribution in [2.45, 2.75) is 0 Å². The predicted octanol–water partition coefficient (Wildman–Crippen LogP) is 12.4. The lowest BCUT2D eigenvalue weighted by Gasteiger charge is -2.26. The Bertz CT molecular complexity index is 2120. The molecule has 0 aliphatic carbocycles. The average molecular weight is 607 g/mol. The van der Waals surface area contributed by atoms with E-state index in [4.69, 9.17) is 4.98 Å². The maximum Gasteiger partial charge on any atom is 0.124 e. The van der Waals surface area contributed by atoms with E-state index in [9.17, 15) is 0 Å². The van der Waals surface area contributed by atoms with Crippen molar-refractivity contribution in [1.82, 2.24) is 4.98 Å². The third kappa shape index (κ3) is 5.49. The lowest BCUT2D eigenvalue weighted by atomic mass is 10.0. The van der Waals surface area contributed by atoms with E-state index in [2.05, 4.69) is 181 Å². The monoisotopic (exact) mass is 606 g/mol. The van der Waals surface area contributed by atoms with Gasteiger partial charge in [0, 0.05) is 28.2 Å². The first-order chi connectivity index (χ1) is 22.8. The van der Waals surface area contributed by atoms with Crippen LogP contribution >= 0.6 is 11.3 Å². The summed E-state index contributed by atoms with van der Waals surface area (Å²) in [7, 11) is 0. The quantitative estimate of drug-likeness (QED) is 0.179. The van der Waals surface area contributed by atoms with Gasteiger partial charge in [-0.1, -0.05) is 140 Å². The number of rotatable bonds is 7. The van der Waals surface area contributed by atoms with Gasteiger partial charge in [-0.3, -0.25) is 0 Å². The van der Waals surface area contributed by atoms with Crippen LogP contribution < -0.4 is 4.90 Å². The Morgan fingerprint density at radius 1 is 0.348 bits per heavy atom. The first-order valence-electron chi connectivity index (χ1n) is 15.5. The zero-order valence-corrected chi connectivity index (χ0v) is 25.9. The van der Waals surface area contributed by atoms with Gasteiger partial charge in [0.05, 0.1) is 10.2 Å². The van der Waals surface area contributed by atoms with Gasteiger partial charge < -0.3 is 4.90 Å². The molecule has 0 atom stereocenters. The van der Waals surface area contributed by atoms with E-state index in [1.54, 1.807) is 11.3 Å². The summed E-state index contributed by atoms with van der Waals surface area (Å²) >= 11 is 1.75. The van der Waals surface area contributed by atoms with E-state index in [0.717, 1.165) is 33.1 Å². The highest BCUT2D eigenvalue weighted by atomic mass is 32.1. The summed E-state index contributed by atoms with van der Waals surface area (Å²) in [5, 5.41) is 1.05. The van der Waals surface area contributed by atoms with Crippen LogP contribution in [-0.4, -0.2) is 4.98 Å². The standard InChI is InChI=1S/C43H30N2S/c1-4-11-31(12-5-1)33-19-25-37(26-20-33)45(38-27-21-34(22-28-38)32-13-6-2-7-14-32)39-29-23-35(24-30-39)40-17-10-18-41-42(40)46-43(44-41)36-15-8-3-9-16-36/h1-30H. The Labute approximate surface area is 273 Å². The van der Waals surface area contributed by atoms with Crippen LogP contribution in [0.4, 0.5) is 17.1 Å². The van der Waals surface area contributed by atoms with Crippen LogP contribution in [0.3, 0.4) is 0 Å². The molecular weight excluding hydrogens is 577 g/mol. The van der Waals surface area contributed by atoms with E-state index in [1.807, 2.05) is 6.07 Å². The first kappa shape index (κ1) is 27.8. The molecule has 0 saturated heterocycles. The Hall–Kier alpha value is -5.77. The minimum atomic E-state index is 1.03. The molecule has 0 fully saturated rings. The molecule has 3 heteroatoms. The summed E-state index contributed by atoms with van der Waals surface area (Å²) in [4.78, 5) is 7.29. The predicted molar refractivity (Wildman–Crippen MR) is 196 cm³/mol. The molecule has 0 N–H and O–H groups in total. The minimum Gasteiger partial charge on any atom is -0.311 e. The number of thiazole rings is 1. The van der Waals surface area contributed by atoms with Gasteiger partial charge in [-0.2, -0.15) is 0 Å². The number of anilines is 3. The Balaban J connectivity index is 1.17. The van der Waals surface area contributed by atoms with Crippen molar-refractivity contribution in [2.24, 2.45) is 0 Å². The molecular formula is C43H30N2S. The molecule has 0 unspecified atom stereocenters. The molecule has 7 aromatic carbocycles. The molecule has 0 amide bonds.